The molecule has 0 aliphatic heterocycles. The Balaban J connectivity index is 1.47. The molecular weight excluding hydrogens is 432 g/mol. The molecule has 2 aliphatic carbocycles. The number of amides is 2. The lowest BCUT2D eigenvalue weighted by molar-refractivity contribution is -0.116. The number of anilines is 1. The van der Waals surface area contributed by atoms with E-state index < -0.39 is 5.91 Å². The number of primary amides is 1. The highest BCUT2D eigenvalue weighted by molar-refractivity contribution is 7.18. The van der Waals surface area contributed by atoms with Crippen LogP contribution < -0.4 is 16.6 Å². The predicted molar refractivity (Wildman–Crippen MR) is 123 cm³/mol. The van der Waals surface area contributed by atoms with Crippen LogP contribution in [0, 0.1) is 6.92 Å². The average Bonchev–Trinajstić information content (AvgIpc) is 3.28. The number of nitrogens with two attached hydrogens (primary N) is 1. The Bertz CT molecular complexity index is 1280. The van der Waals surface area contributed by atoms with Gasteiger partial charge in [0, 0.05) is 9.75 Å². The van der Waals surface area contributed by atoms with Gasteiger partial charge in [-0.3, -0.25) is 19.0 Å². The van der Waals surface area contributed by atoms with Crippen molar-refractivity contribution in [3.05, 3.63) is 42.6 Å². The van der Waals surface area contributed by atoms with Gasteiger partial charge in [-0.15, -0.1) is 22.7 Å². The number of thiophene rings is 2. The van der Waals surface area contributed by atoms with Crippen LogP contribution in [0.2, 0.25) is 0 Å². The Morgan fingerprint density at radius 3 is 2.39 bits per heavy atom. The zero-order valence-electron chi connectivity index (χ0n) is 17.4. The van der Waals surface area contributed by atoms with Gasteiger partial charge in [0.15, 0.2) is 0 Å². The first kappa shape index (κ1) is 20.4. The van der Waals surface area contributed by atoms with Crippen molar-refractivity contribution in [1.29, 1.82) is 0 Å². The van der Waals surface area contributed by atoms with Crippen LogP contribution in [0.25, 0.3) is 10.2 Å². The quantitative estimate of drug-likeness (QED) is 0.628. The number of hydrogen-bond acceptors (Lipinski definition) is 6. The summed E-state index contributed by atoms with van der Waals surface area (Å²) in [4.78, 5) is 46.0. The molecular formula is C22H24N4O3S2. The Morgan fingerprint density at radius 2 is 1.68 bits per heavy atom. The highest BCUT2D eigenvalue weighted by Gasteiger charge is 2.26. The topological polar surface area (TPSA) is 107 Å². The van der Waals surface area contributed by atoms with E-state index in [-0.39, 0.29) is 18.0 Å². The smallest absolute Gasteiger partial charge is 0.263 e. The molecule has 5 rings (SSSR count). The lowest BCUT2D eigenvalue weighted by Crippen LogP contribution is -2.30. The molecule has 0 fully saturated rings. The highest BCUT2D eigenvalue weighted by atomic mass is 32.1. The SMILES string of the molecule is Cc1nc2sc3c(c2c(=O)n1CC(=O)Nc1sc2c(c1C(N)=O)CCCC2)CCCC3. The van der Waals surface area contributed by atoms with Gasteiger partial charge in [-0.2, -0.15) is 0 Å². The number of carbonyl (C=O) groups is 2. The summed E-state index contributed by atoms with van der Waals surface area (Å²) in [6.07, 6.45) is 7.90. The minimum Gasteiger partial charge on any atom is -0.365 e. The highest BCUT2D eigenvalue weighted by Crippen LogP contribution is 2.38. The molecule has 9 heteroatoms. The molecule has 162 valence electrons. The van der Waals surface area contributed by atoms with Gasteiger partial charge >= 0.3 is 0 Å². The maximum Gasteiger partial charge on any atom is 0.263 e. The predicted octanol–water partition coefficient (Wildman–Crippen LogP) is 3.32. The Kier molecular flexibility index (Phi) is 5.18. The molecule has 2 aliphatic rings. The standard InChI is InChI=1S/C22H24N4O3S2/c1-11-24-21-18(13-7-3-5-9-15(13)31-21)22(29)26(11)10-16(27)25-20-17(19(23)28)12-6-2-4-8-14(12)30-20/h2-10H2,1H3,(H2,23,28)(H,25,27). The van der Waals surface area contributed by atoms with Gasteiger partial charge < -0.3 is 11.1 Å². The largest absolute Gasteiger partial charge is 0.365 e. The molecule has 2 amide bonds. The van der Waals surface area contributed by atoms with Crippen molar-refractivity contribution >= 4 is 49.7 Å². The van der Waals surface area contributed by atoms with Crippen LogP contribution in [-0.2, 0) is 37.0 Å². The molecule has 0 atom stereocenters. The monoisotopic (exact) mass is 456 g/mol. The van der Waals surface area contributed by atoms with Crippen LogP contribution in [0.4, 0.5) is 5.00 Å². The van der Waals surface area contributed by atoms with E-state index in [0.717, 1.165) is 72.2 Å². The van der Waals surface area contributed by atoms with E-state index in [4.69, 9.17) is 5.73 Å². The van der Waals surface area contributed by atoms with Crippen LogP contribution in [0.3, 0.4) is 0 Å². The van der Waals surface area contributed by atoms with E-state index in [0.29, 0.717) is 21.8 Å². The molecule has 0 saturated carbocycles. The van der Waals surface area contributed by atoms with E-state index in [1.54, 1.807) is 18.3 Å². The van der Waals surface area contributed by atoms with E-state index >= 15 is 0 Å². The van der Waals surface area contributed by atoms with Gasteiger partial charge in [-0.25, -0.2) is 4.98 Å². The molecule has 0 radical (unpaired) electrons. The van der Waals surface area contributed by atoms with Gasteiger partial charge in [0.05, 0.1) is 10.9 Å². The summed E-state index contributed by atoms with van der Waals surface area (Å²) in [5, 5.41) is 4.02. The Morgan fingerprint density at radius 1 is 1.03 bits per heavy atom. The molecule has 3 heterocycles. The zero-order valence-corrected chi connectivity index (χ0v) is 19.0. The summed E-state index contributed by atoms with van der Waals surface area (Å²) in [5.41, 5.74) is 7.98. The van der Waals surface area contributed by atoms with E-state index in [1.165, 1.54) is 20.8 Å². The molecule has 0 bridgehead atoms. The minimum atomic E-state index is -0.518. The maximum atomic E-state index is 13.3. The van der Waals surface area contributed by atoms with E-state index in [1.807, 2.05) is 0 Å². The number of nitrogens with zero attached hydrogens (tertiary/aromatic N) is 2. The third kappa shape index (κ3) is 3.49. The molecule has 0 saturated heterocycles. The van der Waals surface area contributed by atoms with E-state index in [2.05, 4.69) is 10.3 Å². The van der Waals surface area contributed by atoms with E-state index in [9.17, 15) is 14.4 Å². The molecule has 0 unspecified atom stereocenters. The number of fused-ring (bicyclic) bond motifs is 4. The van der Waals surface area contributed by atoms with Crippen LogP contribution in [0.5, 0.6) is 0 Å². The summed E-state index contributed by atoms with van der Waals surface area (Å²) in [6, 6.07) is 0. The molecule has 3 aromatic rings. The van der Waals surface area contributed by atoms with Gasteiger partial charge in [-0.1, -0.05) is 0 Å². The summed E-state index contributed by atoms with van der Waals surface area (Å²) in [6.45, 7) is 1.62. The Hall–Kier alpha value is -2.52. The first-order valence-corrected chi connectivity index (χ1v) is 12.3. The molecule has 3 aromatic heterocycles. The fourth-order valence-corrected chi connectivity index (χ4v) is 7.36. The zero-order chi connectivity index (χ0) is 21.7. The molecule has 7 nitrogen and oxygen atoms in total. The first-order chi connectivity index (χ1) is 14.9. The van der Waals surface area contributed by atoms with Crippen molar-refractivity contribution in [2.75, 3.05) is 5.32 Å². The van der Waals surface area contributed by atoms with Gasteiger partial charge in [0.25, 0.3) is 11.5 Å². The van der Waals surface area contributed by atoms with Crippen LogP contribution in [0.1, 0.15) is 62.7 Å². The van der Waals surface area contributed by atoms with Crippen molar-refractivity contribution in [2.45, 2.75) is 64.8 Å². The molecule has 31 heavy (non-hydrogen) atoms. The van der Waals surface area contributed by atoms with Gasteiger partial charge in [0.2, 0.25) is 5.91 Å². The lowest BCUT2D eigenvalue weighted by atomic mass is 9.95. The fraction of sp³-hybridized carbons (Fsp3) is 0.455. The number of nitrogens with one attached hydrogen (secondary N) is 1. The third-order valence-corrected chi connectivity index (χ3v) is 8.63. The van der Waals surface area contributed by atoms with Crippen LogP contribution in [-0.4, -0.2) is 21.4 Å². The fourth-order valence-electron chi connectivity index (χ4n) is 4.75. The van der Waals surface area contributed by atoms with Gasteiger partial charge in [0.1, 0.15) is 22.2 Å². The summed E-state index contributed by atoms with van der Waals surface area (Å²) < 4.78 is 1.44. The second-order valence-corrected chi connectivity index (χ2v) is 10.5. The summed E-state index contributed by atoms with van der Waals surface area (Å²) in [7, 11) is 0. The third-order valence-electron chi connectivity index (χ3n) is 6.24. The molecule has 3 N–H and O–H groups in total. The van der Waals surface area contributed by atoms with Crippen molar-refractivity contribution in [2.24, 2.45) is 5.73 Å². The second kappa shape index (κ2) is 7.87. The summed E-state index contributed by atoms with van der Waals surface area (Å²) >= 11 is 3.03. The van der Waals surface area contributed by atoms with Crippen molar-refractivity contribution < 1.29 is 9.59 Å². The van der Waals surface area contributed by atoms with Gasteiger partial charge in [-0.05, 0) is 69.4 Å². The number of carbonyl (C=O) groups excluding carboxylic acids is 2. The summed E-state index contributed by atoms with van der Waals surface area (Å²) in [5.74, 6) is -0.348. The second-order valence-electron chi connectivity index (χ2n) is 8.27. The normalized spacial score (nSPS) is 15.5. The lowest BCUT2D eigenvalue weighted by Gasteiger charge is -2.12. The number of aryl methyl sites for hydroxylation is 4. The van der Waals surface area contributed by atoms with Crippen molar-refractivity contribution in [3.63, 3.8) is 0 Å². The molecule has 0 aromatic carbocycles. The van der Waals surface area contributed by atoms with Crippen LogP contribution >= 0.6 is 22.7 Å². The number of hydrogen-bond donors (Lipinski definition) is 2. The van der Waals surface area contributed by atoms with Crippen LogP contribution in [0.15, 0.2) is 4.79 Å². The first-order valence-electron chi connectivity index (χ1n) is 10.7. The minimum absolute atomic E-state index is 0.140. The maximum absolute atomic E-state index is 13.3. The Labute approximate surface area is 187 Å². The van der Waals surface area contributed by atoms with Crippen molar-refractivity contribution in [3.8, 4) is 0 Å². The number of rotatable bonds is 4. The average molecular weight is 457 g/mol. The van der Waals surface area contributed by atoms with Crippen molar-refractivity contribution in [1.82, 2.24) is 9.55 Å². The molecule has 0 spiro atoms. The number of aromatic nitrogens is 2.